The van der Waals surface area contributed by atoms with Crippen molar-refractivity contribution in [2.45, 2.75) is 0 Å². The first-order chi connectivity index (χ1) is 9.47. The molecule has 0 aliphatic carbocycles. The van der Waals surface area contributed by atoms with Crippen molar-refractivity contribution in [3.05, 3.63) is 34.1 Å². The summed E-state index contributed by atoms with van der Waals surface area (Å²) < 4.78 is 14.3. The molecule has 0 saturated carbocycles. The monoisotopic (exact) mass is 344 g/mol. The van der Waals surface area contributed by atoms with E-state index in [1.165, 1.54) is 18.2 Å². The van der Waals surface area contributed by atoms with Gasteiger partial charge in [-0.25, -0.2) is 4.39 Å². The first-order valence-electron chi connectivity index (χ1n) is 6.16. The fraction of sp³-hybridized carbons (Fsp3) is 0.385. The van der Waals surface area contributed by atoms with E-state index in [1.54, 1.807) is 9.80 Å². The average Bonchev–Trinajstić information content (AvgIpc) is 2.41. The number of aliphatic carboxylic acids is 1. The Morgan fingerprint density at radius 1 is 1.25 bits per heavy atom. The van der Waals surface area contributed by atoms with E-state index < -0.39 is 11.8 Å². The summed E-state index contributed by atoms with van der Waals surface area (Å²) in [4.78, 5) is 26.1. The molecule has 0 spiro atoms. The van der Waals surface area contributed by atoms with Crippen LogP contribution in [0.1, 0.15) is 10.4 Å². The van der Waals surface area contributed by atoms with Gasteiger partial charge in [-0.2, -0.15) is 0 Å². The average molecular weight is 345 g/mol. The van der Waals surface area contributed by atoms with E-state index >= 15 is 0 Å². The Labute approximate surface area is 124 Å². The van der Waals surface area contributed by atoms with E-state index in [1.807, 2.05) is 0 Å². The van der Waals surface area contributed by atoms with Crippen molar-refractivity contribution in [3.63, 3.8) is 0 Å². The van der Waals surface area contributed by atoms with Crippen molar-refractivity contribution in [3.8, 4) is 0 Å². The predicted molar refractivity (Wildman–Crippen MR) is 74.1 cm³/mol. The third kappa shape index (κ3) is 3.55. The van der Waals surface area contributed by atoms with E-state index in [-0.39, 0.29) is 18.0 Å². The molecule has 1 amide bonds. The lowest BCUT2D eigenvalue weighted by Gasteiger charge is -2.33. The van der Waals surface area contributed by atoms with Crippen molar-refractivity contribution in [1.82, 2.24) is 9.80 Å². The Morgan fingerprint density at radius 3 is 2.50 bits per heavy atom. The molecule has 0 radical (unpaired) electrons. The first-order valence-corrected chi connectivity index (χ1v) is 6.95. The molecular weight excluding hydrogens is 331 g/mol. The molecule has 1 aliphatic heterocycles. The van der Waals surface area contributed by atoms with Crippen LogP contribution in [0.3, 0.4) is 0 Å². The number of amides is 1. The minimum absolute atomic E-state index is 0.0334. The molecule has 1 heterocycles. The Bertz CT molecular complexity index is 530. The lowest BCUT2D eigenvalue weighted by Crippen LogP contribution is -2.50. The fourth-order valence-electron chi connectivity index (χ4n) is 2.13. The van der Waals surface area contributed by atoms with Gasteiger partial charge in [0.05, 0.1) is 12.1 Å². The van der Waals surface area contributed by atoms with Gasteiger partial charge < -0.3 is 10.0 Å². The molecule has 1 N–H and O–H groups in total. The second-order valence-electron chi connectivity index (χ2n) is 4.59. The summed E-state index contributed by atoms with van der Waals surface area (Å²) in [5.41, 5.74) is 0.0334. The Hall–Kier alpha value is -1.47. The molecule has 108 valence electrons. The van der Waals surface area contributed by atoms with Crippen LogP contribution in [0.15, 0.2) is 22.7 Å². The molecule has 0 bridgehead atoms. The van der Waals surface area contributed by atoms with Gasteiger partial charge in [0.1, 0.15) is 5.82 Å². The second kappa shape index (κ2) is 6.32. The zero-order chi connectivity index (χ0) is 14.7. The zero-order valence-corrected chi connectivity index (χ0v) is 12.3. The quantitative estimate of drug-likeness (QED) is 0.901. The normalized spacial score (nSPS) is 16.2. The lowest BCUT2D eigenvalue weighted by molar-refractivity contribution is -0.138. The third-order valence-electron chi connectivity index (χ3n) is 3.18. The van der Waals surface area contributed by atoms with E-state index in [4.69, 9.17) is 5.11 Å². The fourth-order valence-corrected chi connectivity index (χ4v) is 2.49. The number of carbonyl (C=O) groups excluding carboxylic acids is 1. The second-order valence-corrected chi connectivity index (χ2v) is 5.50. The number of carboxylic acids is 1. The van der Waals surface area contributed by atoms with Gasteiger partial charge in [-0.05, 0) is 18.2 Å². The Balaban J connectivity index is 2.01. The maximum absolute atomic E-state index is 13.7. The number of hydrogen-bond acceptors (Lipinski definition) is 3. The molecule has 5 nitrogen and oxygen atoms in total. The summed E-state index contributed by atoms with van der Waals surface area (Å²) in [6.07, 6.45) is 0. The number of piperazine rings is 1. The van der Waals surface area contributed by atoms with Crippen molar-refractivity contribution in [2.75, 3.05) is 32.7 Å². The first kappa shape index (κ1) is 14.9. The Morgan fingerprint density at radius 2 is 1.90 bits per heavy atom. The van der Waals surface area contributed by atoms with E-state index in [9.17, 15) is 14.0 Å². The van der Waals surface area contributed by atoms with Crippen LogP contribution in [-0.2, 0) is 4.79 Å². The van der Waals surface area contributed by atoms with Gasteiger partial charge in [-0.15, -0.1) is 0 Å². The summed E-state index contributed by atoms with van der Waals surface area (Å²) in [7, 11) is 0. The summed E-state index contributed by atoms with van der Waals surface area (Å²) in [6, 6.07) is 4.25. The zero-order valence-electron chi connectivity index (χ0n) is 10.7. The van der Waals surface area contributed by atoms with Gasteiger partial charge in [0.15, 0.2) is 0 Å². The van der Waals surface area contributed by atoms with Crippen LogP contribution in [0, 0.1) is 5.82 Å². The highest BCUT2D eigenvalue weighted by Crippen LogP contribution is 2.18. The van der Waals surface area contributed by atoms with Crippen LogP contribution in [0.4, 0.5) is 4.39 Å². The van der Waals surface area contributed by atoms with Gasteiger partial charge >= 0.3 is 5.97 Å². The van der Waals surface area contributed by atoms with E-state index in [0.717, 1.165) is 0 Å². The number of nitrogens with zero attached hydrogens (tertiary/aromatic N) is 2. The molecule has 1 aromatic carbocycles. The highest BCUT2D eigenvalue weighted by Gasteiger charge is 2.24. The van der Waals surface area contributed by atoms with Crippen LogP contribution in [0.5, 0.6) is 0 Å². The summed E-state index contributed by atoms with van der Waals surface area (Å²) in [6.45, 7) is 1.73. The van der Waals surface area contributed by atoms with Crippen LogP contribution in [0.25, 0.3) is 0 Å². The van der Waals surface area contributed by atoms with Gasteiger partial charge in [0, 0.05) is 30.7 Å². The van der Waals surface area contributed by atoms with E-state index in [0.29, 0.717) is 30.7 Å². The molecule has 20 heavy (non-hydrogen) atoms. The third-order valence-corrected chi connectivity index (χ3v) is 3.67. The van der Waals surface area contributed by atoms with Gasteiger partial charge in [0.2, 0.25) is 0 Å². The molecule has 0 atom stereocenters. The smallest absolute Gasteiger partial charge is 0.317 e. The molecule has 7 heteroatoms. The maximum Gasteiger partial charge on any atom is 0.317 e. The SMILES string of the molecule is O=C(O)CN1CCN(C(=O)c2cc(Br)ccc2F)CC1. The largest absolute Gasteiger partial charge is 0.480 e. The minimum Gasteiger partial charge on any atom is -0.480 e. The van der Waals surface area contributed by atoms with Gasteiger partial charge in [-0.3, -0.25) is 14.5 Å². The predicted octanol–water partition coefficient (Wildman–Crippen LogP) is 1.43. The summed E-state index contributed by atoms with van der Waals surface area (Å²) in [5, 5.41) is 8.71. The highest BCUT2D eigenvalue weighted by atomic mass is 79.9. The minimum atomic E-state index is -0.886. The number of hydrogen-bond donors (Lipinski definition) is 1. The maximum atomic E-state index is 13.7. The topological polar surface area (TPSA) is 60.9 Å². The van der Waals surface area contributed by atoms with Gasteiger partial charge in [0.25, 0.3) is 5.91 Å². The molecule has 1 aromatic rings. The lowest BCUT2D eigenvalue weighted by atomic mass is 10.1. The van der Waals surface area contributed by atoms with Crippen molar-refractivity contribution in [1.29, 1.82) is 0 Å². The van der Waals surface area contributed by atoms with Crippen LogP contribution >= 0.6 is 15.9 Å². The van der Waals surface area contributed by atoms with Crippen molar-refractivity contribution < 1.29 is 19.1 Å². The molecule has 1 saturated heterocycles. The standard InChI is InChI=1S/C13H14BrFN2O3/c14-9-1-2-11(15)10(7-9)13(20)17-5-3-16(4-6-17)8-12(18)19/h1-2,7H,3-6,8H2,(H,18,19). The van der Waals surface area contributed by atoms with Crippen LogP contribution in [-0.4, -0.2) is 59.5 Å². The number of benzene rings is 1. The highest BCUT2D eigenvalue weighted by molar-refractivity contribution is 9.10. The molecule has 0 unspecified atom stereocenters. The van der Waals surface area contributed by atoms with Crippen molar-refractivity contribution >= 4 is 27.8 Å². The van der Waals surface area contributed by atoms with Crippen molar-refractivity contribution in [2.24, 2.45) is 0 Å². The van der Waals surface area contributed by atoms with Crippen LogP contribution < -0.4 is 0 Å². The summed E-state index contributed by atoms with van der Waals surface area (Å²) >= 11 is 3.21. The van der Waals surface area contributed by atoms with Gasteiger partial charge in [-0.1, -0.05) is 15.9 Å². The van der Waals surface area contributed by atoms with E-state index in [2.05, 4.69) is 15.9 Å². The number of rotatable bonds is 3. The molecule has 1 fully saturated rings. The molecular formula is C13H14BrFN2O3. The Kier molecular flexibility index (Phi) is 4.72. The number of halogens is 2. The van der Waals surface area contributed by atoms with Crippen LogP contribution in [0.2, 0.25) is 0 Å². The molecule has 1 aliphatic rings. The number of carbonyl (C=O) groups is 2. The molecule has 0 aromatic heterocycles. The summed E-state index contributed by atoms with van der Waals surface area (Å²) in [5.74, 6) is -1.80. The number of carboxylic acid groups (broad SMARTS) is 1. The molecule has 2 rings (SSSR count).